The average Bonchev–Trinajstić information content (AvgIpc) is 2.41. The van der Waals surface area contributed by atoms with Crippen LogP contribution in [0.5, 0.6) is 5.75 Å². The van der Waals surface area contributed by atoms with E-state index in [1.54, 1.807) is 30.1 Å². The summed E-state index contributed by atoms with van der Waals surface area (Å²) in [5.74, 6) is 0.157. The van der Waals surface area contributed by atoms with E-state index in [9.17, 15) is 9.90 Å². The van der Waals surface area contributed by atoms with Crippen LogP contribution in [0.3, 0.4) is 0 Å². The highest BCUT2D eigenvalue weighted by molar-refractivity contribution is 5.78. The molecule has 2 rings (SSSR count). The Hall–Kier alpha value is -2.49. The fourth-order valence-corrected chi connectivity index (χ4v) is 2.00. The molecular weight excluding hydrogens is 252 g/mol. The SMILES string of the molecule is CN(Cc1ccccc1N)C(=O)Cc1cccc(O)c1. The number of carbonyl (C=O) groups excluding carboxylic acids is 1. The molecule has 0 fully saturated rings. The molecule has 0 atom stereocenters. The molecule has 0 saturated carbocycles. The van der Waals surface area contributed by atoms with Crippen LogP contribution < -0.4 is 5.73 Å². The second kappa shape index (κ2) is 6.10. The van der Waals surface area contributed by atoms with Gasteiger partial charge in [0.25, 0.3) is 0 Å². The van der Waals surface area contributed by atoms with Crippen LogP contribution in [0.15, 0.2) is 48.5 Å². The smallest absolute Gasteiger partial charge is 0.227 e. The molecule has 2 aromatic carbocycles. The molecule has 2 aromatic rings. The topological polar surface area (TPSA) is 66.6 Å². The average molecular weight is 270 g/mol. The number of anilines is 1. The predicted octanol–water partition coefficient (Wildman–Crippen LogP) is 2.18. The van der Waals surface area contributed by atoms with Gasteiger partial charge in [-0.15, -0.1) is 0 Å². The number of nitrogens with zero attached hydrogens (tertiary/aromatic N) is 1. The number of carbonyl (C=O) groups is 1. The minimum Gasteiger partial charge on any atom is -0.508 e. The van der Waals surface area contributed by atoms with Crippen LogP contribution in [0.4, 0.5) is 5.69 Å². The Labute approximate surface area is 118 Å². The molecule has 4 heteroatoms. The minimum absolute atomic E-state index is 0.0150. The van der Waals surface area contributed by atoms with Gasteiger partial charge in [-0.2, -0.15) is 0 Å². The normalized spacial score (nSPS) is 10.2. The van der Waals surface area contributed by atoms with Gasteiger partial charge in [0.2, 0.25) is 5.91 Å². The molecule has 20 heavy (non-hydrogen) atoms. The zero-order valence-electron chi connectivity index (χ0n) is 11.4. The van der Waals surface area contributed by atoms with E-state index in [4.69, 9.17) is 5.73 Å². The highest BCUT2D eigenvalue weighted by Gasteiger charge is 2.11. The lowest BCUT2D eigenvalue weighted by Crippen LogP contribution is -2.28. The molecular formula is C16H18N2O2. The summed E-state index contributed by atoms with van der Waals surface area (Å²) in [4.78, 5) is 13.8. The van der Waals surface area contributed by atoms with Crippen molar-refractivity contribution in [1.82, 2.24) is 4.90 Å². The molecule has 0 bridgehead atoms. The number of rotatable bonds is 4. The van der Waals surface area contributed by atoms with Crippen molar-refractivity contribution >= 4 is 11.6 Å². The highest BCUT2D eigenvalue weighted by Crippen LogP contribution is 2.15. The molecule has 0 aliphatic rings. The number of amides is 1. The van der Waals surface area contributed by atoms with E-state index in [-0.39, 0.29) is 18.1 Å². The van der Waals surface area contributed by atoms with Crippen molar-refractivity contribution in [2.45, 2.75) is 13.0 Å². The van der Waals surface area contributed by atoms with Crippen molar-refractivity contribution < 1.29 is 9.90 Å². The summed E-state index contributed by atoms with van der Waals surface area (Å²) in [5, 5.41) is 9.39. The third-order valence-electron chi connectivity index (χ3n) is 3.15. The van der Waals surface area contributed by atoms with Crippen molar-refractivity contribution in [2.75, 3.05) is 12.8 Å². The maximum atomic E-state index is 12.1. The van der Waals surface area contributed by atoms with Crippen molar-refractivity contribution in [1.29, 1.82) is 0 Å². The van der Waals surface area contributed by atoms with E-state index in [0.717, 1.165) is 11.1 Å². The van der Waals surface area contributed by atoms with Gasteiger partial charge in [0, 0.05) is 19.3 Å². The first kappa shape index (κ1) is 13.9. The van der Waals surface area contributed by atoms with Gasteiger partial charge in [-0.25, -0.2) is 0 Å². The van der Waals surface area contributed by atoms with Crippen LogP contribution in [0.1, 0.15) is 11.1 Å². The third-order valence-corrected chi connectivity index (χ3v) is 3.15. The van der Waals surface area contributed by atoms with E-state index in [1.165, 1.54) is 0 Å². The number of nitrogen functional groups attached to an aromatic ring is 1. The fraction of sp³-hybridized carbons (Fsp3) is 0.188. The first-order chi connectivity index (χ1) is 9.56. The van der Waals surface area contributed by atoms with Crippen molar-refractivity contribution in [3.63, 3.8) is 0 Å². The molecule has 0 radical (unpaired) electrons. The largest absolute Gasteiger partial charge is 0.508 e. The lowest BCUT2D eigenvalue weighted by Gasteiger charge is -2.18. The van der Waals surface area contributed by atoms with Gasteiger partial charge in [0.15, 0.2) is 0 Å². The van der Waals surface area contributed by atoms with Crippen molar-refractivity contribution in [3.8, 4) is 5.75 Å². The predicted molar refractivity (Wildman–Crippen MR) is 79.1 cm³/mol. The van der Waals surface area contributed by atoms with Gasteiger partial charge in [-0.05, 0) is 29.3 Å². The molecule has 0 unspecified atom stereocenters. The maximum absolute atomic E-state index is 12.1. The monoisotopic (exact) mass is 270 g/mol. The number of hydrogen-bond acceptors (Lipinski definition) is 3. The molecule has 1 amide bonds. The first-order valence-corrected chi connectivity index (χ1v) is 6.41. The fourth-order valence-electron chi connectivity index (χ4n) is 2.00. The van der Waals surface area contributed by atoms with E-state index in [0.29, 0.717) is 12.2 Å². The molecule has 0 aromatic heterocycles. The van der Waals surface area contributed by atoms with Crippen LogP contribution >= 0.6 is 0 Å². The zero-order chi connectivity index (χ0) is 14.5. The first-order valence-electron chi connectivity index (χ1n) is 6.41. The third kappa shape index (κ3) is 3.51. The molecule has 0 aliphatic carbocycles. The zero-order valence-corrected chi connectivity index (χ0v) is 11.4. The van der Waals surface area contributed by atoms with E-state index in [1.807, 2.05) is 30.3 Å². The van der Waals surface area contributed by atoms with Gasteiger partial charge in [0.1, 0.15) is 5.75 Å². The van der Waals surface area contributed by atoms with E-state index < -0.39 is 0 Å². The lowest BCUT2D eigenvalue weighted by atomic mass is 10.1. The Morgan fingerprint density at radius 3 is 2.65 bits per heavy atom. The second-order valence-electron chi connectivity index (χ2n) is 4.80. The molecule has 0 saturated heterocycles. The van der Waals surface area contributed by atoms with Gasteiger partial charge in [-0.3, -0.25) is 4.79 Å². The second-order valence-corrected chi connectivity index (χ2v) is 4.80. The number of hydrogen-bond donors (Lipinski definition) is 2. The summed E-state index contributed by atoms with van der Waals surface area (Å²) in [6.45, 7) is 0.477. The van der Waals surface area contributed by atoms with Gasteiger partial charge < -0.3 is 15.7 Å². The molecule has 3 N–H and O–H groups in total. The van der Waals surface area contributed by atoms with Gasteiger partial charge >= 0.3 is 0 Å². The van der Waals surface area contributed by atoms with Crippen LogP contribution in [0.25, 0.3) is 0 Å². The number of aromatic hydroxyl groups is 1. The molecule has 0 aliphatic heterocycles. The van der Waals surface area contributed by atoms with Crippen LogP contribution in [0, 0.1) is 0 Å². The van der Waals surface area contributed by atoms with E-state index in [2.05, 4.69) is 0 Å². The number of nitrogens with two attached hydrogens (primary N) is 1. The summed E-state index contributed by atoms with van der Waals surface area (Å²) in [7, 11) is 1.75. The Morgan fingerprint density at radius 1 is 1.20 bits per heavy atom. The standard InChI is InChI=1S/C16H18N2O2/c1-18(11-13-6-2-3-8-15(13)17)16(20)10-12-5-4-7-14(19)9-12/h2-9,19H,10-11,17H2,1H3. The van der Waals surface area contributed by atoms with Gasteiger partial charge in [-0.1, -0.05) is 30.3 Å². The Balaban J connectivity index is 2.01. The van der Waals surface area contributed by atoms with Crippen LogP contribution in [-0.2, 0) is 17.8 Å². The summed E-state index contributed by atoms with van der Waals surface area (Å²) in [6, 6.07) is 14.2. The number of benzene rings is 2. The summed E-state index contributed by atoms with van der Waals surface area (Å²) in [6.07, 6.45) is 0.262. The van der Waals surface area contributed by atoms with Gasteiger partial charge in [0.05, 0.1) is 6.42 Å². The molecule has 0 spiro atoms. The Kier molecular flexibility index (Phi) is 4.25. The number of para-hydroxylation sites is 1. The number of phenolic OH excluding ortho intramolecular Hbond substituents is 1. The molecule has 0 heterocycles. The maximum Gasteiger partial charge on any atom is 0.227 e. The summed E-state index contributed by atoms with van der Waals surface area (Å²) >= 11 is 0. The molecule has 104 valence electrons. The minimum atomic E-state index is -0.0150. The number of likely N-dealkylation sites (N-methyl/N-ethyl adjacent to an activating group) is 1. The van der Waals surface area contributed by atoms with Crippen LogP contribution in [-0.4, -0.2) is 23.0 Å². The molecule has 4 nitrogen and oxygen atoms in total. The summed E-state index contributed by atoms with van der Waals surface area (Å²) in [5.41, 5.74) is 8.28. The highest BCUT2D eigenvalue weighted by atomic mass is 16.3. The van der Waals surface area contributed by atoms with Crippen molar-refractivity contribution in [3.05, 3.63) is 59.7 Å². The Morgan fingerprint density at radius 2 is 1.95 bits per heavy atom. The van der Waals surface area contributed by atoms with Crippen LogP contribution in [0.2, 0.25) is 0 Å². The van der Waals surface area contributed by atoms with E-state index >= 15 is 0 Å². The lowest BCUT2D eigenvalue weighted by molar-refractivity contribution is -0.129. The Bertz CT molecular complexity index is 611. The summed E-state index contributed by atoms with van der Waals surface area (Å²) < 4.78 is 0. The number of phenols is 1. The quantitative estimate of drug-likeness (QED) is 0.837. The van der Waals surface area contributed by atoms with Crippen molar-refractivity contribution in [2.24, 2.45) is 0 Å².